The Morgan fingerprint density at radius 1 is 1.42 bits per heavy atom. The highest BCUT2D eigenvalue weighted by molar-refractivity contribution is 6.06. The molecule has 0 bridgehead atoms. The molecular weight excluding hydrogens is 306 g/mol. The van der Waals surface area contributed by atoms with Gasteiger partial charge in [-0.25, -0.2) is 0 Å². The zero-order valence-corrected chi connectivity index (χ0v) is 13.5. The Bertz CT molecular complexity index is 869. The third-order valence-corrected chi connectivity index (χ3v) is 4.45. The molecule has 0 radical (unpaired) electrons. The van der Waals surface area contributed by atoms with E-state index < -0.39 is 0 Å². The largest absolute Gasteiger partial charge is 0.366 e. The van der Waals surface area contributed by atoms with Gasteiger partial charge < -0.3 is 19.2 Å². The molecule has 0 spiro atoms. The van der Waals surface area contributed by atoms with Gasteiger partial charge in [0.2, 0.25) is 0 Å². The zero-order chi connectivity index (χ0) is 16.5. The van der Waals surface area contributed by atoms with Crippen LogP contribution >= 0.6 is 0 Å². The Balaban J connectivity index is 1.60. The van der Waals surface area contributed by atoms with Crippen LogP contribution in [0.3, 0.4) is 0 Å². The fourth-order valence-electron chi connectivity index (χ4n) is 3.19. The first kappa shape index (κ1) is 14.9. The third-order valence-electron chi connectivity index (χ3n) is 4.45. The van der Waals surface area contributed by atoms with Crippen LogP contribution in [0.25, 0.3) is 10.9 Å². The molecule has 3 heterocycles. The van der Waals surface area contributed by atoms with Crippen LogP contribution in [0.4, 0.5) is 0 Å². The van der Waals surface area contributed by atoms with E-state index in [1.54, 1.807) is 6.33 Å². The number of carbonyl (C=O) groups excluding carboxylic acids is 1. The van der Waals surface area contributed by atoms with Crippen LogP contribution in [0.15, 0.2) is 36.8 Å². The highest BCUT2D eigenvalue weighted by Crippen LogP contribution is 2.24. The van der Waals surface area contributed by atoms with Crippen molar-refractivity contribution < 1.29 is 9.53 Å². The molecule has 1 amide bonds. The predicted molar refractivity (Wildman–Crippen MR) is 88.6 cm³/mol. The van der Waals surface area contributed by atoms with Crippen molar-refractivity contribution in [2.24, 2.45) is 0 Å². The molecule has 1 aromatic carbocycles. The Labute approximate surface area is 139 Å². The standard InChI is InChI=1S/C17H19N5O2/c1-2-21-11-19-20-16(21)15-10-22(8-9-24-15)17(23)13-4-3-5-14-12(13)6-7-18-14/h3-7,11,15,18H,2,8-10H2,1H3. The summed E-state index contributed by atoms with van der Waals surface area (Å²) in [5.41, 5.74) is 1.68. The van der Waals surface area contributed by atoms with Crippen LogP contribution in [0.2, 0.25) is 0 Å². The van der Waals surface area contributed by atoms with Gasteiger partial charge in [-0.05, 0) is 25.1 Å². The second-order valence-electron chi connectivity index (χ2n) is 5.83. The van der Waals surface area contributed by atoms with Crippen molar-refractivity contribution in [2.75, 3.05) is 19.7 Å². The fraction of sp³-hybridized carbons (Fsp3) is 0.353. The number of nitrogens with one attached hydrogen (secondary N) is 1. The number of rotatable bonds is 3. The molecule has 2 aromatic heterocycles. The van der Waals surface area contributed by atoms with Crippen molar-refractivity contribution in [3.8, 4) is 0 Å². The van der Waals surface area contributed by atoms with Crippen LogP contribution in [-0.2, 0) is 11.3 Å². The highest BCUT2D eigenvalue weighted by Gasteiger charge is 2.29. The van der Waals surface area contributed by atoms with E-state index in [1.165, 1.54) is 0 Å². The van der Waals surface area contributed by atoms with Gasteiger partial charge in [-0.1, -0.05) is 6.07 Å². The van der Waals surface area contributed by atoms with E-state index in [9.17, 15) is 4.79 Å². The van der Waals surface area contributed by atoms with Gasteiger partial charge in [0, 0.05) is 35.8 Å². The molecule has 1 atom stereocenters. The minimum atomic E-state index is -0.240. The molecule has 1 saturated heterocycles. The van der Waals surface area contributed by atoms with Gasteiger partial charge in [0.15, 0.2) is 5.82 Å². The number of ether oxygens (including phenoxy) is 1. The summed E-state index contributed by atoms with van der Waals surface area (Å²) in [5, 5.41) is 9.07. The number of hydrogen-bond donors (Lipinski definition) is 1. The minimum Gasteiger partial charge on any atom is -0.366 e. The molecule has 1 aliphatic heterocycles. The molecule has 7 heteroatoms. The molecule has 1 fully saturated rings. The Kier molecular flexibility index (Phi) is 3.78. The van der Waals surface area contributed by atoms with Crippen molar-refractivity contribution >= 4 is 16.8 Å². The Morgan fingerprint density at radius 2 is 2.33 bits per heavy atom. The van der Waals surface area contributed by atoms with Gasteiger partial charge in [-0.15, -0.1) is 10.2 Å². The quantitative estimate of drug-likeness (QED) is 0.799. The van der Waals surface area contributed by atoms with Crippen molar-refractivity contribution in [2.45, 2.75) is 19.6 Å². The maximum Gasteiger partial charge on any atom is 0.254 e. The molecule has 124 valence electrons. The molecule has 3 aromatic rings. The lowest BCUT2D eigenvalue weighted by molar-refractivity contribution is -0.0283. The Hall–Kier alpha value is -2.67. The number of H-pyrrole nitrogens is 1. The van der Waals surface area contributed by atoms with E-state index in [0.29, 0.717) is 25.3 Å². The number of morpholine rings is 1. The lowest BCUT2D eigenvalue weighted by Gasteiger charge is -2.32. The SMILES string of the molecule is CCn1cnnc1C1CN(C(=O)c2cccc3[nH]ccc23)CCO1. The van der Waals surface area contributed by atoms with E-state index in [4.69, 9.17) is 4.74 Å². The number of hydrogen-bond acceptors (Lipinski definition) is 4. The summed E-state index contributed by atoms with van der Waals surface area (Å²) in [7, 11) is 0. The number of aromatic amines is 1. The first-order chi connectivity index (χ1) is 11.8. The third kappa shape index (κ3) is 2.46. The van der Waals surface area contributed by atoms with E-state index in [2.05, 4.69) is 15.2 Å². The first-order valence-corrected chi connectivity index (χ1v) is 8.12. The van der Waals surface area contributed by atoms with Crippen molar-refractivity contribution in [3.63, 3.8) is 0 Å². The average Bonchev–Trinajstić information content (AvgIpc) is 3.29. The molecule has 1 aliphatic rings. The van der Waals surface area contributed by atoms with Crippen LogP contribution in [0, 0.1) is 0 Å². The van der Waals surface area contributed by atoms with Crippen LogP contribution in [0.1, 0.15) is 29.2 Å². The average molecular weight is 325 g/mol. The maximum absolute atomic E-state index is 13.0. The summed E-state index contributed by atoms with van der Waals surface area (Å²) in [6.07, 6.45) is 3.31. The van der Waals surface area contributed by atoms with Crippen LogP contribution < -0.4 is 0 Å². The lowest BCUT2D eigenvalue weighted by atomic mass is 10.1. The number of amides is 1. The second kappa shape index (κ2) is 6.09. The van der Waals surface area contributed by atoms with Gasteiger partial charge in [0.1, 0.15) is 12.4 Å². The first-order valence-electron chi connectivity index (χ1n) is 8.12. The summed E-state index contributed by atoms with van der Waals surface area (Å²) in [6.45, 7) is 4.37. The topological polar surface area (TPSA) is 76.0 Å². The van der Waals surface area contributed by atoms with E-state index in [-0.39, 0.29) is 12.0 Å². The normalized spacial score (nSPS) is 18.2. The minimum absolute atomic E-state index is 0.0241. The molecule has 1 N–H and O–H groups in total. The number of aromatic nitrogens is 4. The van der Waals surface area contributed by atoms with Crippen molar-refractivity contribution in [3.05, 3.63) is 48.2 Å². The second-order valence-corrected chi connectivity index (χ2v) is 5.83. The van der Waals surface area contributed by atoms with Gasteiger partial charge >= 0.3 is 0 Å². The number of nitrogens with zero attached hydrogens (tertiary/aromatic N) is 4. The molecule has 4 rings (SSSR count). The van der Waals surface area contributed by atoms with E-state index >= 15 is 0 Å². The molecule has 24 heavy (non-hydrogen) atoms. The smallest absolute Gasteiger partial charge is 0.254 e. The monoisotopic (exact) mass is 325 g/mol. The number of aryl methyl sites for hydroxylation is 1. The van der Waals surface area contributed by atoms with Gasteiger partial charge in [-0.3, -0.25) is 4.79 Å². The highest BCUT2D eigenvalue weighted by atomic mass is 16.5. The van der Waals surface area contributed by atoms with E-state index in [1.807, 2.05) is 46.9 Å². The summed E-state index contributed by atoms with van der Waals surface area (Å²) < 4.78 is 7.78. The molecule has 1 unspecified atom stereocenters. The molecule has 0 saturated carbocycles. The summed E-state index contributed by atoms with van der Waals surface area (Å²) >= 11 is 0. The fourth-order valence-corrected chi connectivity index (χ4v) is 3.19. The number of benzene rings is 1. The number of fused-ring (bicyclic) bond motifs is 1. The summed E-state index contributed by atoms with van der Waals surface area (Å²) in [5.74, 6) is 0.797. The van der Waals surface area contributed by atoms with Gasteiger partial charge in [0.25, 0.3) is 5.91 Å². The van der Waals surface area contributed by atoms with E-state index in [0.717, 1.165) is 23.3 Å². The van der Waals surface area contributed by atoms with Crippen LogP contribution in [-0.4, -0.2) is 50.3 Å². The van der Waals surface area contributed by atoms with Crippen molar-refractivity contribution in [1.29, 1.82) is 0 Å². The van der Waals surface area contributed by atoms with Crippen molar-refractivity contribution in [1.82, 2.24) is 24.6 Å². The number of carbonyl (C=O) groups is 1. The maximum atomic E-state index is 13.0. The van der Waals surface area contributed by atoms with Gasteiger partial charge in [-0.2, -0.15) is 0 Å². The summed E-state index contributed by atoms with van der Waals surface area (Å²) in [4.78, 5) is 18.0. The lowest BCUT2D eigenvalue weighted by Crippen LogP contribution is -2.43. The van der Waals surface area contributed by atoms with Gasteiger partial charge in [0.05, 0.1) is 13.2 Å². The molecule has 0 aliphatic carbocycles. The summed E-state index contributed by atoms with van der Waals surface area (Å²) in [6, 6.07) is 7.68. The predicted octanol–water partition coefficient (Wildman–Crippen LogP) is 1.99. The van der Waals surface area contributed by atoms with Crippen LogP contribution in [0.5, 0.6) is 0 Å². The zero-order valence-electron chi connectivity index (χ0n) is 13.5. The molecular formula is C17H19N5O2. The molecule has 7 nitrogen and oxygen atoms in total. The Morgan fingerprint density at radius 3 is 3.21 bits per heavy atom.